The summed E-state index contributed by atoms with van der Waals surface area (Å²) in [4.78, 5) is 29.9. The minimum atomic E-state index is -0.485. The molecule has 10 heteroatoms. The summed E-state index contributed by atoms with van der Waals surface area (Å²) in [5.41, 5.74) is 1.81. The van der Waals surface area contributed by atoms with Crippen LogP contribution in [0.1, 0.15) is 29.1 Å². The maximum Gasteiger partial charge on any atom is 0.407 e. The van der Waals surface area contributed by atoms with Gasteiger partial charge in [-0.1, -0.05) is 48.6 Å². The van der Waals surface area contributed by atoms with Gasteiger partial charge in [0.05, 0.1) is 12.2 Å². The van der Waals surface area contributed by atoms with Crippen LogP contribution in [0, 0.1) is 5.82 Å². The molecule has 4 aromatic rings. The van der Waals surface area contributed by atoms with E-state index >= 15 is 0 Å². The predicted molar refractivity (Wildman–Crippen MR) is 120 cm³/mol. The summed E-state index contributed by atoms with van der Waals surface area (Å²) in [6, 6.07) is 12.4. The zero-order valence-corrected chi connectivity index (χ0v) is 18.1. The summed E-state index contributed by atoms with van der Waals surface area (Å²) in [5.74, 6) is 0.0626. The van der Waals surface area contributed by atoms with Gasteiger partial charge in [-0.2, -0.15) is 0 Å². The Hall–Kier alpha value is -3.66. The van der Waals surface area contributed by atoms with Gasteiger partial charge in [-0.05, 0) is 17.7 Å². The van der Waals surface area contributed by atoms with Gasteiger partial charge in [-0.15, -0.1) is 0 Å². The van der Waals surface area contributed by atoms with Gasteiger partial charge in [0.25, 0.3) is 0 Å². The molecule has 4 rings (SSSR count). The highest BCUT2D eigenvalue weighted by Crippen LogP contribution is 2.29. The summed E-state index contributed by atoms with van der Waals surface area (Å²) < 4.78 is 19.1. The Kier molecular flexibility index (Phi) is 6.81. The molecule has 0 spiro atoms. The largest absolute Gasteiger partial charge is 0.445 e. The molecule has 1 amide bonds. The number of fused-ring (bicyclic) bond motifs is 1. The second-order valence-corrected chi connectivity index (χ2v) is 8.07. The standard InChI is InChI=1S/C22H21FN6O2S/c1-14(10-26-22(30)31-12-15-6-3-2-4-7-15)20-29-18-19(27-13-28-21(18)32-20)25-11-17-16(23)8-5-9-24-17/h2-9,13-14H,10-12H2,1H3,(H,26,30)(H,25,27,28). The number of carbonyl (C=O) groups is 1. The predicted octanol–water partition coefficient (Wildman–Crippen LogP) is 4.26. The Morgan fingerprint density at radius 3 is 2.81 bits per heavy atom. The van der Waals surface area contributed by atoms with Crippen LogP contribution < -0.4 is 10.6 Å². The lowest BCUT2D eigenvalue weighted by Gasteiger charge is -2.10. The summed E-state index contributed by atoms with van der Waals surface area (Å²) >= 11 is 1.42. The van der Waals surface area contributed by atoms with E-state index in [1.807, 2.05) is 37.3 Å². The van der Waals surface area contributed by atoms with Gasteiger partial charge >= 0.3 is 6.09 Å². The molecule has 0 saturated heterocycles. The molecular weight excluding hydrogens is 431 g/mol. The number of nitrogens with one attached hydrogen (secondary N) is 2. The van der Waals surface area contributed by atoms with E-state index in [2.05, 4.69) is 30.6 Å². The Balaban J connectivity index is 1.36. The third-order valence-electron chi connectivity index (χ3n) is 4.66. The third-order valence-corrected chi connectivity index (χ3v) is 5.85. The van der Waals surface area contributed by atoms with Crippen LogP contribution in [0.15, 0.2) is 55.0 Å². The van der Waals surface area contributed by atoms with Crippen molar-refractivity contribution in [1.82, 2.24) is 25.3 Å². The molecule has 0 fully saturated rings. The van der Waals surface area contributed by atoms with Crippen molar-refractivity contribution in [3.63, 3.8) is 0 Å². The second kappa shape index (κ2) is 10.1. The highest BCUT2D eigenvalue weighted by molar-refractivity contribution is 7.18. The van der Waals surface area contributed by atoms with Crippen molar-refractivity contribution in [2.24, 2.45) is 0 Å². The summed E-state index contributed by atoms with van der Waals surface area (Å²) in [5, 5.41) is 6.65. The molecule has 1 unspecified atom stereocenters. The molecule has 0 radical (unpaired) electrons. The van der Waals surface area contributed by atoms with Crippen molar-refractivity contribution in [3.8, 4) is 0 Å². The molecule has 0 aliphatic carbocycles. The molecule has 2 N–H and O–H groups in total. The molecule has 3 heterocycles. The number of rotatable bonds is 8. The molecule has 0 aliphatic heterocycles. The van der Waals surface area contributed by atoms with Crippen molar-refractivity contribution in [2.45, 2.75) is 26.0 Å². The lowest BCUT2D eigenvalue weighted by molar-refractivity contribution is 0.139. The molecule has 0 bridgehead atoms. The lowest BCUT2D eigenvalue weighted by Crippen LogP contribution is -2.28. The van der Waals surface area contributed by atoms with Gasteiger partial charge in [0.2, 0.25) is 0 Å². The van der Waals surface area contributed by atoms with Crippen LogP contribution >= 0.6 is 11.3 Å². The van der Waals surface area contributed by atoms with Crippen LogP contribution in [0.25, 0.3) is 10.3 Å². The Bertz CT molecular complexity index is 1200. The summed E-state index contributed by atoms with van der Waals surface area (Å²) in [6.45, 7) is 2.71. The van der Waals surface area contributed by atoms with E-state index in [-0.39, 0.29) is 24.9 Å². The average Bonchev–Trinajstić information content (AvgIpc) is 3.26. The van der Waals surface area contributed by atoms with Crippen molar-refractivity contribution < 1.29 is 13.9 Å². The van der Waals surface area contributed by atoms with Crippen molar-refractivity contribution in [2.75, 3.05) is 11.9 Å². The number of benzene rings is 1. The normalized spacial score (nSPS) is 11.8. The second-order valence-electron chi connectivity index (χ2n) is 7.06. The fourth-order valence-corrected chi connectivity index (χ4v) is 3.88. The number of carbonyl (C=O) groups excluding carboxylic acids is 1. The van der Waals surface area contributed by atoms with Crippen LogP contribution in [-0.2, 0) is 17.9 Å². The smallest absolute Gasteiger partial charge is 0.407 e. The van der Waals surface area contributed by atoms with Gasteiger partial charge in [0, 0.05) is 18.7 Å². The summed E-state index contributed by atoms with van der Waals surface area (Å²) in [6.07, 6.45) is 2.49. The van der Waals surface area contributed by atoms with E-state index in [1.54, 1.807) is 6.07 Å². The van der Waals surface area contributed by atoms with Crippen LogP contribution in [0.5, 0.6) is 0 Å². The number of thiazole rings is 1. The maximum absolute atomic E-state index is 13.8. The number of amides is 1. The van der Waals surface area contributed by atoms with Gasteiger partial charge in [-0.3, -0.25) is 4.98 Å². The molecule has 164 valence electrons. The zero-order valence-electron chi connectivity index (χ0n) is 17.3. The van der Waals surface area contributed by atoms with E-state index in [0.29, 0.717) is 28.4 Å². The van der Waals surface area contributed by atoms with Crippen LogP contribution in [-0.4, -0.2) is 32.6 Å². The van der Waals surface area contributed by atoms with Crippen LogP contribution in [0.2, 0.25) is 0 Å². The van der Waals surface area contributed by atoms with E-state index in [0.717, 1.165) is 10.6 Å². The molecule has 0 saturated carbocycles. The first-order valence-corrected chi connectivity index (χ1v) is 10.8. The monoisotopic (exact) mass is 452 g/mol. The number of hydrogen-bond donors (Lipinski definition) is 2. The first kappa shape index (κ1) is 21.6. The molecular formula is C22H21FN6O2S. The number of alkyl carbamates (subject to hydrolysis) is 1. The van der Waals surface area contributed by atoms with E-state index in [1.165, 1.54) is 29.9 Å². The van der Waals surface area contributed by atoms with E-state index in [4.69, 9.17) is 4.74 Å². The molecule has 1 atom stereocenters. The molecule has 3 aromatic heterocycles. The topological polar surface area (TPSA) is 102 Å². The lowest BCUT2D eigenvalue weighted by atomic mass is 10.2. The van der Waals surface area contributed by atoms with E-state index < -0.39 is 6.09 Å². The number of pyridine rings is 1. The first-order valence-electron chi connectivity index (χ1n) is 9.99. The number of aromatic nitrogens is 4. The SMILES string of the molecule is CC(CNC(=O)OCc1ccccc1)c1nc2c(NCc3ncccc3F)ncnc2s1. The van der Waals surface area contributed by atoms with Gasteiger partial charge in [0.15, 0.2) is 5.82 Å². The Morgan fingerprint density at radius 1 is 1.16 bits per heavy atom. The van der Waals surface area contributed by atoms with Crippen molar-refractivity contribution in [3.05, 3.63) is 77.1 Å². The van der Waals surface area contributed by atoms with Gasteiger partial charge < -0.3 is 15.4 Å². The molecule has 32 heavy (non-hydrogen) atoms. The number of anilines is 1. The molecule has 0 aliphatic rings. The van der Waals surface area contributed by atoms with Gasteiger partial charge in [-0.25, -0.2) is 24.1 Å². The number of nitrogens with zero attached hydrogens (tertiary/aromatic N) is 4. The van der Waals surface area contributed by atoms with E-state index in [9.17, 15) is 9.18 Å². The van der Waals surface area contributed by atoms with Crippen molar-refractivity contribution >= 4 is 33.6 Å². The zero-order chi connectivity index (χ0) is 22.3. The van der Waals surface area contributed by atoms with Crippen molar-refractivity contribution in [1.29, 1.82) is 0 Å². The summed E-state index contributed by atoms with van der Waals surface area (Å²) in [7, 11) is 0. The fourth-order valence-electron chi connectivity index (χ4n) is 2.92. The van der Waals surface area contributed by atoms with Crippen LogP contribution in [0.3, 0.4) is 0 Å². The average molecular weight is 453 g/mol. The number of hydrogen-bond acceptors (Lipinski definition) is 8. The third kappa shape index (κ3) is 5.33. The van der Waals surface area contributed by atoms with Crippen LogP contribution in [0.4, 0.5) is 15.0 Å². The highest BCUT2D eigenvalue weighted by atomic mass is 32.1. The van der Waals surface area contributed by atoms with Gasteiger partial charge in [0.1, 0.15) is 34.1 Å². The quantitative estimate of drug-likeness (QED) is 0.412. The fraction of sp³-hybridized carbons (Fsp3) is 0.227. The molecule has 1 aromatic carbocycles. The Morgan fingerprint density at radius 2 is 2.00 bits per heavy atom. The maximum atomic E-state index is 13.8. The Labute approximate surface area is 187 Å². The number of halogens is 1. The first-order chi connectivity index (χ1) is 15.6. The highest BCUT2D eigenvalue weighted by Gasteiger charge is 2.17. The minimum absolute atomic E-state index is 0.0560. The number of ether oxygens (including phenoxy) is 1. The molecule has 8 nitrogen and oxygen atoms in total. The minimum Gasteiger partial charge on any atom is -0.445 e.